The molecule has 0 aromatic heterocycles. The van der Waals surface area contributed by atoms with Crippen LogP contribution in [0.1, 0.15) is 37.7 Å². The third-order valence-electron chi connectivity index (χ3n) is 4.13. The molecule has 1 aliphatic heterocycles. The average molecular weight is 310 g/mol. The van der Waals surface area contributed by atoms with E-state index in [1.54, 1.807) is 0 Å². The Hall–Kier alpha value is -2.74. The van der Waals surface area contributed by atoms with E-state index < -0.39 is 5.92 Å². The van der Waals surface area contributed by atoms with Crippen molar-refractivity contribution in [3.8, 4) is 11.8 Å². The van der Waals surface area contributed by atoms with Crippen molar-refractivity contribution < 1.29 is 14.3 Å². The molecule has 1 aliphatic carbocycles. The molecule has 23 heavy (non-hydrogen) atoms. The van der Waals surface area contributed by atoms with Gasteiger partial charge in [0.1, 0.15) is 23.2 Å². The minimum atomic E-state index is -0.452. The average Bonchev–Trinajstić information content (AvgIpc) is 2.55. The quantitative estimate of drug-likeness (QED) is 0.927. The first-order chi connectivity index (χ1) is 11.2. The number of hydrogen-bond donors (Lipinski definition) is 1. The fraction of sp³-hybridized carbons (Fsp3) is 0.333. The first-order valence-corrected chi connectivity index (χ1v) is 7.72. The van der Waals surface area contributed by atoms with Gasteiger partial charge in [-0.05, 0) is 31.0 Å². The van der Waals surface area contributed by atoms with Crippen LogP contribution in [-0.4, -0.2) is 12.4 Å². The van der Waals surface area contributed by atoms with Crippen LogP contribution in [0.2, 0.25) is 0 Å². The Morgan fingerprint density at radius 2 is 2.09 bits per heavy atom. The highest BCUT2D eigenvalue weighted by Crippen LogP contribution is 2.43. The van der Waals surface area contributed by atoms with Crippen molar-refractivity contribution in [2.45, 2.75) is 32.1 Å². The molecule has 1 unspecified atom stereocenters. The van der Waals surface area contributed by atoms with Crippen LogP contribution in [0.25, 0.3) is 0 Å². The van der Waals surface area contributed by atoms with E-state index in [1.807, 2.05) is 31.2 Å². The van der Waals surface area contributed by atoms with Gasteiger partial charge in [0.15, 0.2) is 5.78 Å². The Morgan fingerprint density at radius 1 is 1.35 bits per heavy atom. The predicted octanol–water partition coefficient (Wildman–Crippen LogP) is 2.90. The first kappa shape index (κ1) is 15.2. The molecule has 118 valence electrons. The largest absolute Gasteiger partial charge is 0.494 e. The van der Waals surface area contributed by atoms with Gasteiger partial charge in [-0.15, -0.1) is 0 Å². The number of benzene rings is 1. The number of allylic oxidation sites excluding steroid dienone is 3. The molecule has 5 heteroatoms. The molecule has 0 spiro atoms. The molecule has 3 rings (SSSR count). The minimum absolute atomic E-state index is 0.0328. The Kier molecular flexibility index (Phi) is 4.07. The zero-order valence-electron chi connectivity index (χ0n) is 13.0. The lowest BCUT2D eigenvalue weighted by Gasteiger charge is -2.31. The molecule has 1 aromatic rings. The summed E-state index contributed by atoms with van der Waals surface area (Å²) in [6.07, 6.45) is 1.91. The molecule has 0 radical (unpaired) electrons. The number of ether oxygens (including phenoxy) is 2. The molecule has 1 atom stereocenters. The van der Waals surface area contributed by atoms with Crippen LogP contribution >= 0.6 is 0 Å². The van der Waals surface area contributed by atoms with Crippen LogP contribution in [0.5, 0.6) is 5.75 Å². The third kappa shape index (κ3) is 2.68. The van der Waals surface area contributed by atoms with E-state index >= 15 is 0 Å². The van der Waals surface area contributed by atoms with Crippen molar-refractivity contribution in [2.75, 3.05) is 6.61 Å². The van der Waals surface area contributed by atoms with Crippen LogP contribution in [0.15, 0.2) is 47.1 Å². The van der Waals surface area contributed by atoms with Crippen molar-refractivity contribution in [2.24, 2.45) is 5.73 Å². The lowest BCUT2D eigenvalue weighted by molar-refractivity contribution is -0.116. The van der Waals surface area contributed by atoms with Crippen LogP contribution in [-0.2, 0) is 9.53 Å². The van der Waals surface area contributed by atoms with E-state index in [2.05, 4.69) is 6.07 Å². The molecule has 0 amide bonds. The fourth-order valence-electron chi connectivity index (χ4n) is 3.11. The standard InChI is InChI=1S/C18H18N2O3/c1-2-22-12-8-6-11(7-9-12)16-13(10-19)18(20)23-15-5-3-4-14(21)17(15)16/h6-9,16H,2-5,20H2,1H3. The SMILES string of the molecule is CCOc1ccc(C2C(C#N)=C(N)OC3=C2C(=O)CCC3)cc1. The smallest absolute Gasteiger partial charge is 0.205 e. The number of nitrogens with two attached hydrogens (primary N) is 1. The molecule has 0 saturated heterocycles. The normalized spacial score (nSPS) is 20.7. The first-order valence-electron chi connectivity index (χ1n) is 7.72. The van der Waals surface area contributed by atoms with Crippen molar-refractivity contribution >= 4 is 5.78 Å². The number of carbonyl (C=O) groups excluding carboxylic acids is 1. The number of hydrogen-bond acceptors (Lipinski definition) is 5. The van der Waals surface area contributed by atoms with Crippen molar-refractivity contribution in [3.05, 3.63) is 52.6 Å². The van der Waals surface area contributed by atoms with E-state index in [1.165, 1.54) is 0 Å². The predicted molar refractivity (Wildman–Crippen MR) is 84.1 cm³/mol. The van der Waals surface area contributed by atoms with Gasteiger partial charge in [0, 0.05) is 18.4 Å². The lowest BCUT2D eigenvalue weighted by Crippen LogP contribution is -2.27. The number of ketones is 1. The van der Waals surface area contributed by atoms with Gasteiger partial charge in [-0.3, -0.25) is 4.79 Å². The van der Waals surface area contributed by atoms with Gasteiger partial charge in [0.25, 0.3) is 0 Å². The van der Waals surface area contributed by atoms with Gasteiger partial charge in [-0.1, -0.05) is 12.1 Å². The maximum absolute atomic E-state index is 12.4. The Balaban J connectivity index is 2.07. The highest BCUT2D eigenvalue weighted by atomic mass is 16.5. The van der Waals surface area contributed by atoms with Gasteiger partial charge in [0.05, 0.1) is 12.5 Å². The summed E-state index contributed by atoms with van der Waals surface area (Å²) in [5.41, 5.74) is 7.63. The van der Waals surface area contributed by atoms with Crippen LogP contribution in [0, 0.1) is 11.3 Å². The highest BCUT2D eigenvalue weighted by Gasteiger charge is 2.37. The second kappa shape index (κ2) is 6.17. The van der Waals surface area contributed by atoms with Gasteiger partial charge < -0.3 is 15.2 Å². The second-order valence-electron chi connectivity index (χ2n) is 5.54. The number of rotatable bonds is 3. The van der Waals surface area contributed by atoms with E-state index in [0.29, 0.717) is 36.4 Å². The van der Waals surface area contributed by atoms with Crippen molar-refractivity contribution in [1.82, 2.24) is 0 Å². The Labute approximate surface area is 135 Å². The summed E-state index contributed by atoms with van der Waals surface area (Å²) in [6.45, 7) is 2.50. The van der Waals surface area contributed by atoms with Gasteiger partial charge >= 0.3 is 0 Å². The molecular formula is C18H18N2O3. The van der Waals surface area contributed by atoms with E-state index in [9.17, 15) is 10.1 Å². The van der Waals surface area contributed by atoms with E-state index in [4.69, 9.17) is 15.2 Å². The molecule has 2 aliphatic rings. The van der Waals surface area contributed by atoms with Crippen LogP contribution < -0.4 is 10.5 Å². The summed E-state index contributed by atoms with van der Waals surface area (Å²) in [7, 11) is 0. The van der Waals surface area contributed by atoms with E-state index in [0.717, 1.165) is 17.7 Å². The third-order valence-corrected chi connectivity index (χ3v) is 4.13. The van der Waals surface area contributed by atoms with Gasteiger partial charge in [-0.25, -0.2) is 0 Å². The summed E-state index contributed by atoms with van der Waals surface area (Å²) in [5, 5.41) is 9.48. The zero-order valence-corrected chi connectivity index (χ0v) is 13.0. The topological polar surface area (TPSA) is 85.3 Å². The number of Topliss-reactive ketones (excluding diaryl/α,β-unsaturated/α-hetero) is 1. The molecular weight excluding hydrogens is 292 g/mol. The minimum Gasteiger partial charge on any atom is -0.494 e. The number of nitrogens with zero attached hydrogens (tertiary/aromatic N) is 1. The van der Waals surface area contributed by atoms with Crippen LogP contribution in [0.4, 0.5) is 0 Å². The summed E-state index contributed by atoms with van der Waals surface area (Å²) < 4.78 is 11.0. The number of carbonyl (C=O) groups is 1. The summed E-state index contributed by atoms with van der Waals surface area (Å²) in [4.78, 5) is 12.4. The van der Waals surface area contributed by atoms with Crippen molar-refractivity contribution in [3.63, 3.8) is 0 Å². The lowest BCUT2D eigenvalue weighted by atomic mass is 9.77. The molecule has 2 N–H and O–H groups in total. The Morgan fingerprint density at radius 3 is 2.74 bits per heavy atom. The molecule has 0 fully saturated rings. The molecule has 0 bridgehead atoms. The second-order valence-corrected chi connectivity index (χ2v) is 5.54. The molecule has 1 heterocycles. The molecule has 1 aromatic carbocycles. The molecule has 0 saturated carbocycles. The maximum atomic E-state index is 12.4. The highest BCUT2D eigenvalue weighted by molar-refractivity contribution is 5.99. The number of nitriles is 1. The monoisotopic (exact) mass is 310 g/mol. The van der Waals surface area contributed by atoms with Gasteiger partial charge in [0.2, 0.25) is 5.88 Å². The summed E-state index contributed by atoms with van der Waals surface area (Å²) >= 11 is 0. The van der Waals surface area contributed by atoms with E-state index in [-0.39, 0.29) is 11.7 Å². The zero-order chi connectivity index (χ0) is 16.4. The van der Waals surface area contributed by atoms with Gasteiger partial charge in [-0.2, -0.15) is 5.26 Å². The fourth-order valence-corrected chi connectivity index (χ4v) is 3.11. The summed E-state index contributed by atoms with van der Waals surface area (Å²) in [5.74, 6) is 1.04. The Bertz CT molecular complexity index is 739. The maximum Gasteiger partial charge on any atom is 0.205 e. The molecule has 5 nitrogen and oxygen atoms in total. The van der Waals surface area contributed by atoms with Crippen LogP contribution in [0.3, 0.4) is 0 Å². The summed E-state index contributed by atoms with van der Waals surface area (Å²) in [6, 6.07) is 9.53. The van der Waals surface area contributed by atoms with Crippen molar-refractivity contribution in [1.29, 1.82) is 5.26 Å².